The molecule has 0 rings (SSSR count). The summed E-state index contributed by atoms with van der Waals surface area (Å²) in [5.74, 6) is 0. The second kappa shape index (κ2) is 7.19. The van der Waals surface area contributed by atoms with Gasteiger partial charge in [0.2, 0.25) is 0 Å². The molecule has 0 radical (unpaired) electrons. The summed E-state index contributed by atoms with van der Waals surface area (Å²) in [6, 6.07) is 0. The number of hydrogen-bond donors (Lipinski definition) is 2. The molecule has 0 spiro atoms. The Morgan fingerprint density at radius 1 is 1.38 bits per heavy atom. The summed E-state index contributed by atoms with van der Waals surface area (Å²) in [4.78, 5) is 9.84. The molecule has 0 unspecified atom stereocenters. The molecule has 0 aliphatic heterocycles. The van der Waals surface area contributed by atoms with Crippen LogP contribution in [0.5, 0.6) is 0 Å². The molecule has 0 aliphatic rings. The average Bonchev–Trinajstić information content (AvgIpc) is 1.72. The van der Waals surface area contributed by atoms with Gasteiger partial charge in [-0.05, 0) is 14.1 Å². The van der Waals surface area contributed by atoms with E-state index in [1.807, 2.05) is 0 Å². The molecule has 0 saturated heterocycles. The zero-order chi connectivity index (χ0) is 5.70. The second-order valence-electron chi connectivity index (χ2n) is 1.19. The molecule has 0 heterocycles. The van der Waals surface area contributed by atoms with Crippen LogP contribution >= 0.6 is 0 Å². The normalized spacial score (nSPS) is 8.38. The second-order valence-corrected chi connectivity index (χ2v) is 1.19. The molecule has 8 heavy (non-hydrogen) atoms. The van der Waals surface area contributed by atoms with Crippen molar-refractivity contribution >= 4 is 25.1 Å². The van der Waals surface area contributed by atoms with Gasteiger partial charge in [0.05, 0.1) is 0 Å². The van der Waals surface area contributed by atoms with Crippen LogP contribution in [-0.2, 0) is 4.79 Å². The van der Waals surface area contributed by atoms with Crippen LogP contribution in [0.15, 0.2) is 0 Å². The summed E-state index contributed by atoms with van der Waals surface area (Å²) in [5, 5.41) is 5.44. The summed E-state index contributed by atoms with van der Waals surface area (Å²) < 4.78 is 0. The topological polar surface area (TPSA) is 41.1 Å². The van der Waals surface area contributed by atoms with Crippen molar-refractivity contribution in [1.29, 1.82) is 0 Å². The first-order valence-electron chi connectivity index (χ1n) is 2.15. The third-order valence-corrected chi connectivity index (χ3v) is 0.758. The molecular weight excluding hydrogens is 99.0 g/mol. The van der Waals surface area contributed by atoms with Gasteiger partial charge in [-0.3, -0.25) is 10.6 Å². The number of carbonyl (C=O) groups excluding carboxylic acids is 1. The SMILES string of the molecule is CNC(C=O)NC.[LiH]. The number of likely N-dealkylation sites (N-methyl/N-ethyl adjacent to an activating group) is 2. The van der Waals surface area contributed by atoms with Gasteiger partial charge in [0.1, 0.15) is 6.17 Å². The van der Waals surface area contributed by atoms with Crippen molar-refractivity contribution in [3.05, 3.63) is 0 Å². The number of rotatable bonds is 3. The van der Waals surface area contributed by atoms with E-state index in [0.717, 1.165) is 6.29 Å². The average molecular weight is 110 g/mol. The molecule has 4 heteroatoms. The molecule has 0 amide bonds. The summed E-state index contributed by atoms with van der Waals surface area (Å²) in [6.07, 6.45) is 0.611. The van der Waals surface area contributed by atoms with E-state index in [9.17, 15) is 4.79 Å². The molecule has 0 aliphatic carbocycles. The Hall–Kier alpha value is 0.187. The van der Waals surface area contributed by atoms with Crippen LogP contribution in [0.1, 0.15) is 0 Å². The number of aldehydes is 1. The van der Waals surface area contributed by atoms with Crippen molar-refractivity contribution in [3.8, 4) is 0 Å². The van der Waals surface area contributed by atoms with Gasteiger partial charge in [-0.15, -0.1) is 0 Å². The van der Waals surface area contributed by atoms with E-state index in [2.05, 4.69) is 10.6 Å². The van der Waals surface area contributed by atoms with Gasteiger partial charge in [0.15, 0.2) is 6.29 Å². The van der Waals surface area contributed by atoms with Crippen LogP contribution in [0.2, 0.25) is 0 Å². The Balaban J connectivity index is 0. The minimum absolute atomic E-state index is 0. The first-order valence-corrected chi connectivity index (χ1v) is 2.15. The molecule has 3 nitrogen and oxygen atoms in total. The molecule has 0 aromatic carbocycles. The summed E-state index contributed by atoms with van der Waals surface area (Å²) >= 11 is 0. The maximum atomic E-state index is 9.84. The van der Waals surface area contributed by atoms with E-state index in [-0.39, 0.29) is 25.0 Å². The van der Waals surface area contributed by atoms with Crippen molar-refractivity contribution < 1.29 is 4.79 Å². The quantitative estimate of drug-likeness (QED) is 0.258. The van der Waals surface area contributed by atoms with E-state index in [4.69, 9.17) is 0 Å². The van der Waals surface area contributed by atoms with Crippen molar-refractivity contribution in [1.82, 2.24) is 10.6 Å². The van der Waals surface area contributed by atoms with Crippen LogP contribution < -0.4 is 10.6 Å². The van der Waals surface area contributed by atoms with Crippen LogP contribution in [0.3, 0.4) is 0 Å². The third kappa shape index (κ3) is 4.35. The van der Waals surface area contributed by atoms with Gasteiger partial charge in [0.25, 0.3) is 0 Å². The van der Waals surface area contributed by atoms with E-state index >= 15 is 0 Å². The van der Waals surface area contributed by atoms with Crippen LogP contribution in [-0.4, -0.2) is 45.4 Å². The zero-order valence-corrected chi connectivity index (χ0v) is 4.56. The van der Waals surface area contributed by atoms with Gasteiger partial charge in [-0.25, -0.2) is 0 Å². The summed E-state index contributed by atoms with van der Waals surface area (Å²) in [6.45, 7) is 0. The Bertz CT molecular complexity index is 56.0. The van der Waals surface area contributed by atoms with Crippen molar-refractivity contribution in [2.75, 3.05) is 14.1 Å². The monoisotopic (exact) mass is 110 g/mol. The fourth-order valence-corrected chi connectivity index (χ4v) is 0.280. The Kier molecular flexibility index (Phi) is 9.93. The van der Waals surface area contributed by atoms with Gasteiger partial charge >= 0.3 is 18.9 Å². The molecule has 2 N–H and O–H groups in total. The van der Waals surface area contributed by atoms with Gasteiger partial charge in [-0.2, -0.15) is 0 Å². The first kappa shape index (κ1) is 11.0. The van der Waals surface area contributed by atoms with Gasteiger partial charge in [0, 0.05) is 0 Å². The zero-order valence-electron chi connectivity index (χ0n) is 4.56. The van der Waals surface area contributed by atoms with Crippen LogP contribution in [0.25, 0.3) is 0 Å². The summed E-state index contributed by atoms with van der Waals surface area (Å²) in [5.41, 5.74) is 0. The molecule has 0 saturated carbocycles. The predicted molar refractivity (Wildman–Crippen MR) is 35.1 cm³/mol. The first-order chi connectivity index (χ1) is 3.35. The molecular formula is C4H11LiN2O. The fraction of sp³-hybridized carbons (Fsp3) is 0.750. The number of hydrogen-bond acceptors (Lipinski definition) is 3. The van der Waals surface area contributed by atoms with Gasteiger partial charge in [-0.1, -0.05) is 0 Å². The maximum absolute atomic E-state index is 9.84. The standard InChI is InChI=1S/C4H10N2O.Li.H/c1-5-4(3-7)6-2;;/h3-6H,1-2H3;;. The molecule has 0 aromatic heterocycles. The number of carbonyl (C=O) groups is 1. The van der Waals surface area contributed by atoms with E-state index in [1.165, 1.54) is 0 Å². The molecule has 0 aromatic rings. The molecule has 0 atom stereocenters. The van der Waals surface area contributed by atoms with Crippen molar-refractivity contribution in [3.63, 3.8) is 0 Å². The molecule has 0 bridgehead atoms. The van der Waals surface area contributed by atoms with Crippen LogP contribution in [0, 0.1) is 0 Å². The van der Waals surface area contributed by atoms with E-state index in [1.54, 1.807) is 14.1 Å². The minimum atomic E-state index is -0.194. The van der Waals surface area contributed by atoms with Crippen molar-refractivity contribution in [2.45, 2.75) is 6.17 Å². The van der Waals surface area contributed by atoms with Gasteiger partial charge < -0.3 is 4.79 Å². The summed E-state index contributed by atoms with van der Waals surface area (Å²) in [7, 11) is 3.44. The fourth-order valence-electron chi connectivity index (χ4n) is 0.280. The Morgan fingerprint density at radius 2 is 1.75 bits per heavy atom. The third-order valence-electron chi connectivity index (χ3n) is 0.758. The number of nitrogens with one attached hydrogen (secondary N) is 2. The molecule has 44 valence electrons. The predicted octanol–water partition coefficient (Wildman–Crippen LogP) is -1.70. The van der Waals surface area contributed by atoms with Crippen molar-refractivity contribution in [2.24, 2.45) is 0 Å². The van der Waals surface area contributed by atoms with E-state index in [0.29, 0.717) is 0 Å². The molecule has 0 fully saturated rings. The van der Waals surface area contributed by atoms with Crippen LogP contribution in [0.4, 0.5) is 0 Å². The Morgan fingerprint density at radius 3 is 1.75 bits per heavy atom. The Labute approximate surface area is 61.4 Å². The van der Waals surface area contributed by atoms with E-state index < -0.39 is 0 Å².